The molecule has 5 nitrogen and oxygen atoms in total. The fourth-order valence-corrected chi connectivity index (χ4v) is 4.56. The summed E-state index contributed by atoms with van der Waals surface area (Å²) in [5.74, 6) is -0.120. The summed E-state index contributed by atoms with van der Waals surface area (Å²) in [6.45, 7) is 0.0241. The lowest BCUT2D eigenvalue weighted by molar-refractivity contribution is -0.118. The summed E-state index contributed by atoms with van der Waals surface area (Å²) < 4.78 is 26.6. The predicted octanol–water partition coefficient (Wildman–Crippen LogP) is 2.79. The van der Waals surface area contributed by atoms with Crippen molar-refractivity contribution in [2.75, 3.05) is 13.1 Å². The average Bonchev–Trinajstić information content (AvgIpc) is 2.52. The molecule has 1 aliphatic rings. The Balaban J connectivity index is 2.12. The summed E-state index contributed by atoms with van der Waals surface area (Å²) in [6.07, 6.45) is 6.68. The summed E-state index contributed by atoms with van der Waals surface area (Å²) in [4.78, 5) is 11.4. The molecule has 0 saturated heterocycles. The molecule has 23 heavy (non-hydrogen) atoms. The number of carbonyl (C=O) groups is 1. The van der Waals surface area contributed by atoms with Crippen molar-refractivity contribution in [2.24, 2.45) is 11.7 Å². The maximum atomic E-state index is 12.7. The van der Waals surface area contributed by atoms with E-state index in [0.717, 1.165) is 19.3 Å². The molecule has 1 aliphatic carbocycles. The average molecular weight is 359 g/mol. The molecular formula is C16H23ClN2O3S. The summed E-state index contributed by atoms with van der Waals surface area (Å²) in [5, 5.41) is 0.465. The van der Waals surface area contributed by atoms with E-state index >= 15 is 0 Å². The van der Waals surface area contributed by atoms with Crippen LogP contribution in [0.2, 0.25) is 5.02 Å². The van der Waals surface area contributed by atoms with Crippen LogP contribution < -0.4 is 5.73 Å². The van der Waals surface area contributed by atoms with E-state index < -0.39 is 15.9 Å². The first-order valence-electron chi connectivity index (χ1n) is 7.93. The van der Waals surface area contributed by atoms with Crippen molar-refractivity contribution in [2.45, 2.75) is 43.4 Å². The van der Waals surface area contributed by atoms with Gasteiger partial charge in [0.1, 0.15) is 0 Å². The molecule has 2 rings (SSSR count). The van der Waals surface area contributed by atoms with Gasteiger partial charge in [-0.1, -0.05) is 43.7 Å². The van der Waals surface area contributed by atoms with Crippen LogP contribution >= 0.6 is 11.6 Å². The molecule has 1 saturated carbocycles. The zero-order valence-electron chi connectivity index (χ0n) is 13.1. The normalized spacial score (nSPS) is 16.6. The molecule has 1 aromatic carbocycles. The maximum absolute atomic E-state index is 12.7. The molecule has 1 fully saturated rings. The van der Waals surface area contributed by atoms with Crippen LogP contribution in [-0.2, 0) is 14.8 Å². The summed E-state index contributed by atoms with van der Waals surface area (Å²) in [6, 6.07) is 5.95. The Morgan fingerprint density at radius 1 is 1.17 bits per heavy atom. The largest absolute Gasteiger partial charge is 0.369 e. The zero-order chi connectivity index (χ0) is 16.9. The van der Waals surface area contributed by atoms with E-state index in [4.69, 9.17) is 17.3 Å². The highest BCUT2D eigenvalue weighted by Crippen LogP contribution is 2.27. The van der Waals surface area contributed by atoms with E-state index in [1.54, 1.807) is 0 Å². The Morgan fingerprint density at radius 3 is 2.35 bits per heavy atom. The van der Waals surface area contributed by atoms with Crippen LogP contribution in [0.5, 0.6) is 0 Å². The Labute approximate surface area is 142 Å². The predicted molar refractivity (Wildman–Crippen MR) is 90.6 cm³/mol. The fourth-order valence-electron chi connectivity index (χ4n) is 3.02. The molecule has 0 spiro atoms. The molecule has 128 valence electrons. The Bertz CT molecular complexity index is 625. The van der Waals surface area contributed by atoms with Gasteiger partial charge in [0, 0.05) is 11.6 Å². The van der Waals surface area contributed by atoms with Crippen molar-refractivity contribution in [1.29, 1.82) is 0 Å². The molecule has 0 unspecified atom stereocenters. The molecule has 0 heterocycles. The lowest BCUT2D eigenvalue weighted by atomic mass is 9.87. The number of sulfonamides is 1. The first-order chi connectivity index (χ1) is 10.9. The molecule has 1 aromatic rings. The van der Waals surface area contributed by atoms with Gasteiger partial charge in [0.2, 0.25) is 15.9 Å². The Morgan fingerprint density at radius 2 is 1.78 bits per heavy atom. The van der Waals surface area contributed by atoms with Crippen molar-refractivity contribution in [1.82, 2.24) is 4.31 Å². The Kier molecular flexibility index (Phi) is 6.44. The van der Waals surface area contributed by atoms with Crippen LogP contribution in [0.1, 0.15) is 38.5 Å². The lowest BCUT2D eigenvalue weighted by Gasteiger charge is -2.26. The maximum Gasteiger partial charge on any atom is 0.243 e. The van der Waals surface area contributed by atoms with Crippen molar-refractivity contribution < 1.29 is 13.2 Å². The number of nitrogens with two attached hydrogens (primary N) is 1. The number of carbonyl (C=O) groups excluding carboxylic acids is 1. The number of nitrogens with zero attached hydrogens (tertiary/aromatic N) is 1. The number of primary amides is 1. The third kappa shape index (κ3) is 5.19. The van der Waals surface area contributed by atoms with Gasteiger partial charge >= 0.3 is 0 Å². The van der Waals surface area contributed by atoms with E-state index in [1.807, 2.05) is 0 Å². The van der Waals surface area contributed by atoms with E-state index in [0.29, 0.717) is 17.5 Å². The van der Waals surface area contributed by atoms with E-state index in [9.17, 15) is 13.2 Å². The monoisotopic (exact) mass is 358 g/mol. The van der Waals surface area contributed by atoms with Gasteiger partial charge < -0.3 is 5.73 Å². The highest BCUT2D eigenvalue weighted by molar-refractivity contribution is 7.89. The third-order valence-electron chi connectivity index (χ3n) is 4.30. The van der Waals surface area contributed by atoms with Crippen molar-refractivity contribution in [3.8, 4) is 0 Å². The third-order valence-corrected chi connectivity index (χ3v) is 6.41. The second-order valence-electron chi connectivity index (χ2n) is 6.05. The zero-order valence-corrected chi connectivity index (χ0v) is 14.7. The topological polar surface area (TPSA) is 80.5 Å². The van der Waals surface area contributed by atoms with E-state index in [-0.39, 0.29) is 11.4 Å². The van der Waals surface area contributed by atoms with Gasteiger partial charge in [0.05, 0.1) is 11.4 Å². The van der Waals surface area contributed by atoms with Crippen LogP contribution in [0.25, 0.3) is 0 Å². The number of halogens is 1. The molecule has 1 amide bonds. The number of hydrogen-bond acceptors (Lipinski definition) is 3. The minimum atomic E-state index is -3.74. The van der Waals surface area contributed by atoms with Crippen LogP contribution in [0.15, 0.2) is 29.2 Å². The van der Waals surface area contributed by atoms with Gasteiger partial charge in [-0.15, -0.1) is 0 Å². The molecule has 0 atom stereocenters. The summed E-state index contributed by atoms with van der Waals surface area (Å²) in [5.41, 5.74) is 5.23. The Hall–Kier alpha value is -1.11. The quantitative estimate of drug-likeness (QED) is 0.813. The van der Waals surface area contributed by atoms with Crippen LogP contribution in [-0.4, -0.2) is 31.7 Å². The SMILES string of the molecule is NC(=O)CN(CCC1CCCCC1)S(=O)(=O)c1ccc(Cl)cc1. The van der Waals surface area contributed by atoms with Crippen molar-refractivity contribution in [3.05, 3.63) is 29.3 Å². The van der Waals surface area contributed by atoms with Crippen LogP contribution in [0, 0.1) is 5.92 Å². The van der Waals surface area contributed by atoms with Crippen LogP contribution in [0.4, 0.5) is 0 Å². The minimum absolute atomic E-state index is 0.131. The number of amides is 1. The summed E-state index contributed by atoms with van der Waals surface area (Å²) in [7, 11) is -3.74. The standard InChI is InChI=1S/C16H23ClN2O3S/c17-14-6-8-15(9-7-14)23(21,22)19(12-16(18)20)11-10-13-4-2-1-3-5-13/h6-9,13H,1-5,10-12H2,(H2,18,20). The van der Waals surface area contributed by atoms with Gasteiger partial charge in [0.25, 0.3) is 0 Å². The molecule has 0 aromatic heterocycles. The minimum Gasteiger partial charge on any atom is -0.369 e. The van der Waals surface area contributed by atoms with Gasteiger partial charge in [0.15, 0.2) is 0 Å². The molecular weight excluding hydrogens is 336 g/mol. The van der Waals surface area contributed by atoms with Gasteiger partial charge in [-0.3, -0.25) is 4.79 Å². The van der Waals surface area contributed by atoms with Gasteiger partial charge in [-0.2, -0.15) is 4.31 Å². The highest BCUT2D eigenvalue weighted by atomic mass is 35.5. The number of rotatable bonds is 7. The van der Waals surface area contributed by atoms with Crippen molar-refractivity contribution in [3.63, 3.8) is 0 Å². The van der Waals surface area contributed by atoms with E-state index in [2.05, 4.69) is 0 Å². The highest BCUT2D eigenvalue weighted by Gasteiger charge is 2.27. The smallest absolute Gasteiger partial charge is 0.243 e. The second kappa shape index (κ2) is 8.13. The second-order valence-corrected chi connectivity index (χ2v) is 8.43. The molecule has 0 bridgehead atoms. The molecule has 2 N–H and O–H groups in total. The lowest BCUT2D eigenvalue weighted by Crippen LogP contribution is -2.39. The molecule has 0 radical (unpaired) electrons. The van der Waals surface area contributed by atoms with Crippen molar-refractivity contribution >= 4 is 27.5 Å². The van der Waals surface area contributed by atoms with Gasteiger partial charge in [-0.25, -0.2) is 8.42 Å². The molecule has 0 aliphatic heterocycles. The number of benzene rings is 1. The van der Waals surface area contributed by atoms with Crippen LogP contribution in [0.3, 0.4) is 0 Å². The number of hydrogen-bond donors (Lipinski definition) is 1. The van der Waals surface area contributed by atoms with Gasteiger partial charge in [-0.05, 0) is 36.6 Å². The van der Waals surface area contributed by atoms with E-state index in [1.165, 1.54) is 47.8 Å². The first-order valence-corrected chi connectivity index (χ1v) is 9.75. The summed E-state index contributed by atoms with van der Waals surface area (Å²) >= 11 is 5.81. The molecule has 7 heteroatoms. The first kappa shape index (κ1) is 18.2. The fraction of sp³-hybridized carbons (Fsp3) is 0.562.